The molecule has 1 heterocycles. The van der Waals surface area contributed by atoms with Gasteiger partial charge in [0.15, 0.2) is 0 Å². The number of hydrogen-bond acceptors (Lipinski definition) is 3. The third-order valence-corrected chi connectivity index (χ3v) is 2.90. The Kier molecular flexibility index (Phi) is 4.95. The molecule has 5 heteroatoms. The molecule has 18 heavy (non-hydrogen) atoms. The van der Waals surface area contributed by atoms with Gasteiger partial charge >= 0.3 is 5.97 Å². The Morgan fingerprint density at radius 1 is 1.33 bits per heavy atom. The van der Waals surface area contributed by atoms with Crippen molar-refractivity contribution < 1.29 is 14.3 Å². The van der Waals surface area contributed by atoms with E-state index < -0.39 is 0 Å². The van der Waals surface area contributed by atoms with Crippen LogP contribution in [0.5, 0.6) is 0 Å². The molecule has 0 radical (unpaired) electrons. The molecule has 0 saturated carbocycles. The molecular formula is C13H20N2O3. The van der Waals surface area contributed by atoms with Gasteiger partial charge in [-0.25, -0.2) is 4.79 Å². The second kappa shape index (κ2) is 6.23. The Hall–Kier alpha value is -1.78. The number of amides is 1. The first-order valence-electron chi connectivity index (χ1n) is 6.07. The zero-order chi connectivity index (χ0) is 13.7. The molecular weight excluding hydrogens is 232 g/mol. The fourth-order valence-electron chi connectivity index (χ4n) is 1.94. The Balaban J connectivity index is 2.86. The van der Waals surface area contributed by atoms with E-state index in [9.17, 15) is 9.59 Å². The maximum Gasteiger partial charge on any atom is 0.340 e. The first-order valence-corrected chi connectivity index (χ1v) is 6.07. The first kappa shape index (κ1) is 14.3. The number of hydrogen-bond donors (Lipinski definition) is 2. The number of ether oxygens (including phenoxy) is 1. The summed E-state index contributed by atoms with van der Waals surface area (Å²) < 4.78 is 5.01. The highest BCUT2D eigenvalue weighted by Crippen LogP contribution is 2.20. The maximum absolute atomic E-state index is 11.8. The minimum atomic E-state index is -0.310. The molecule has 0 saturated heterocycles. The molecule has 0 aliphatic carbocycles. The molecule has 1 amide bonds. The SMILES string of the molecule is CCOC(=O)c1c(C)[nH]c(CCC(=O)NC)c1C. The predicted octanol–water partition coefficient (Wildman–Crippen LogP) is 1.49. The Labute approximate surface area is 107 Å². The van der Waals surface area contributed by atoms with Crippen LogP contribution in [0.4, 0.5) is 0 Å². The Morgan fingerprint density at radius 3 is 2.56 bits per heavy atom. The molecule has 0 fully saturated rings. The summed E-state index contributed by atoms with van der Waals surface area (Å²) in [5.41, 5.74) is 3.16. The van der Waals surface area contributed by atoms with Crippen molar-refractivity contribution >= 4 is 11.9 Å². The molecule has 0 spiro atoms. The lowest BCUT2D eigenvalue weighted by Crippen LogP contribution is -2.18. The van der Waals surface area contributed by atoms with Crippen LogP contribution >= 0.6 is 0 Å². The van der Waals surface area contributed by atoms with E-state index in [1.807, 2.05) is 13.8 Å². The second-order valence-corrected chi connectivity index (χ2v) is 4.12. The average Bonchev–Trinajstić information content (AvgIpc) is 2.61. The Bertz CT molecular complexity index is 449. The van der Waals surface area contributed by atoms with Gasteiger partial charge in [0.05, 0.1) is 12.2 Å². The summed E-state index contributed by atoms with van der Waals surface area (Å²) in [6, 6.07) is 0. The molecule has 0 unspecified atom stereocenters. The van der Waals surface area contributed by atoms with Crippen LogP contribution in [0.2, 0.25) is 0 Å². The van der Waals surface area contributed by atoms with E-state index >= 15 is 0 Å². The van der Waals surface area contributed by atoms with Gasteiger partial charge < -0.3 is 15.0 Å². The molecule has 0 atom stereocenters. The van der Waals surface area contributed by atoms with E-state index in [1.165, 1.54) is 0 Å². The highest BCUT2D eigenvalue weighted by atomic mass is 16.5. The molecule has 1 aromatic heterocycles. The third-order valence-electron chi connectivity index (χ3n) is 2.90. The normalized spacial score (nSPS) is 10.2. The number of H-pyrrole nitrogens is 1. The van der Waals surface area contributed by atoms with Crippen LogP contribution in [-0.4, -0.2) is 30.5 Å². The molecule has 1 aromatic rings. The van der Waals surface area contributed by atoms with Crippen molar-refractivity contribution in [1.82, 2.24) is 10.3 Å². The van der Waals surface area contributed by atoms with Crippen molar-refractivity contribution in [2.24, 2.45) is 0 Å². The number of aryl methyl sites for hydroxylation is 2. The summed E-state index contributed by atoms with van der Waals surface area (Å²) in [6.45, 7) is 5.84. The topological polar surface area (TPSA) is 71.2 Å². The first-order chi connectivity index (χ1) is 8.51. The second-order valence-electron chi connectivity index (χ2n) is 4.12. The third kappa shape index (κ3) is 3.12. The number of esters is 1. The standard InChI is InChI=1S/C13H20N2O3/c1-5-18-13(17)12-8(2)10(15-9(12)3)6-7-11(16)14-4/h15H,5-7H2,1-4H3,(H,14,16). The van der Waals surface area contributed by atoms with Crippen molar-refractivity contribution in [2.75, 3.05) is 13.7 Å². The fourth-order valence-corrected chi connectivity index (χ4v) is 1.94. The average molecular weight is 252 g/mol. The predicted molar refractivity (Wildman–Crippen MR) is 68.6 cm³/mol. The number of aromatic amines is 1. The van der Waals surface area contributed by atoms with Gasteiger partial charge in [-0.2, -0.15) is 0 Å². The fraction of sp³-hybridized carbons (Fsp3) is 0.538. The van der Waals surface area contributed by atoms with Crippen LogP contribution in [-0.2, 0) is 16.0 Å². The summed E-state index contributed by atoms with van der Waals surface area (Å²) in [5, 5.41) is 2.57. The minimum absolute atomic E-state index is 0.0145. The summed E-state index contributed by atoms with van der Waals surface area (Å²) in [7, 11) is 1.61. The van der Waals surface area contributed by atoms with Crippen LogP contribution < -0.4 is 5.32 Å². The number of aromatic nitrogens is 1. The van der Waals surface area contributed by atoms with E-state index in [4.69, 9.17) is 4.74 Å². The summed E-state index contributed by atoms with van der Waals surface area (Å²) >= 11 is 0. The smallest absolute Gasteiger partial charge is 0.340 e. The van der Waals surface area contributed by atoms with Crippen LogP contribution in [0.15, 0.2) is 0 Å². The molecule has 0 aliphatic rings. The van der Waals surface area contributed by atoms with E-state index in [-0.39, 0.29) is 11.9 Å². The summed E-state index contributed by atoms with van der Waals surface area (Å²) in [4.78, 5) is 26.1. The van der Waals surface area contributed by atoms with Gasteiger partial charge in [-0.15, -0.1) is 0 Å². The summed E-state index contributed by atoms with van der Waals surface area (Å²) in [5.74, 6) is -0.325. The molecule has 1 rings (SSSR count). The largest absolute Gasteiger partial charge is 0.462 e. The van der Waals surface area contributed by atoms with Crippen LogP contribution in [0, 0.1) is 13.8 Å². The molecule has 0 aromatic carbocycles. The van der Waals surface area contributed by atoms with Crippen molar-refractivity contribution in [3.63, 3.8) is 0 Å². The highest BCUT2D eigenvalue weighted by molar-refractivity contribution is 5.92. The van der Waals surface area contributed by atoms with Gasteiger partial charge in [-0.3, -0.25) is 4.79 Å². The van der Waals surface area contributed by atoms with Crippen molar-refractivity contribution in [3.8, 4) is 0 Å². The van der Waals surface area contributed by atoms with Gasteiger partial charge in [0.25, 0.3) is 0 Å². The van der Waals surface area contributed by atoms with Crippen LogP contribution in [0.3, 0.4) is 0 Å². The van der Waals surface area contributed by atoms with Crippen LogP contribution in [0.25, 0.3) is 0 Å². The van der Waals surface area contributed by atoms with Crippen molar-refractivity contribution in [3.05, 3.63) is 22.5 Å². The monoisotopic (exact) mass is 252 g/mol. The van der Waals surface area contributed by atoms with Crippen molar-refractivity contribution in [2.45, 2.75) is 33.6 Å². The zero-order valence-corrected chi connectivity index (χ0v) is 11.3. The molecule has 2 N–H and O–H groups in total. The van der Waals surface area contributed by atoms with Gasteiger partial charge in [-0.1, -0.05) is 0 Å². The van der Waals surface area contributed by atoms with Crippen LogP contribution in [0.1, 0.15) is 40.7 Å². The van der Waals surface area contributed by atoms with E-state index in [0.717, 1.165) is 17.0 Å². The van der Waals surface area contributed by atoms with E-state index in [0.29, 0.717) is 25.0 Å². The lowest BCUT2D eigenvalue weighted by Gasteiger charge is -2.03. The number of rotatable bonds is 5. The lowest BCUT2D eigenvalue weighted by atomic mass is 10.1. The molecule has 5 nitrogen and oxygen atoms in total. The maximum atomic E-state index is 11.8. The number of nitrogens with one attached hydrogen (secondary N) is 2. The minimum Gasteiger partial charge on any atom is -0.462 e. The van der Waals surface area contributed by atoms with Gasteiger partial charge in [0.2, 0.25) is 5.91 Å². The summed E-state index contributed by atoms with van der Waals surface area (Å²) in [6.07, 6.45) is 0.991. The van der Waals surface area contributed by atoms with E-state index in [2.05, 4.69) is 10.3 Å². The Morgan fingerprint density at radius 2 is 2.00 bits per heavy atom. The van der Waals surface area contributed by atoms with Crippen molar-refractivity contribution in [1.29, 1.82) is 0 Å². The van der Waals surface area contributed by atoms with Gasteiger partial charge in [0, 0.05) is 24.9 Å². The van der Waals surface area contributed by atoms with Gasteiger partial charge in [-0.05, 0) is 32.8 Å². The molecule has 100 valence electrons. The number of carbonyl (C=O) groups excluding carboxylic acids is 2. The quantitative estimate of drug-likeness (QED) is 0.780. The van der Waals surface area contributed by atoms with Gasteiger partial charge in [0.1, 0.15) is 0 Å². The van der Waals surface area contributed by atoms with E-state index in [1.54, 1.807) is 14.0 Å². The molecule has 0 bridgehead atoms. The zero-order valence-electron chi connectivity index (χ0n) is 11.3. The lowest BCUT2D eigenvalue weighted by molar-refractivity contribution is -0.120. The molecule has 0 aliphatic heterocycles. The number of carbonyl (C=O) groups is 2. The highest BCUT2D eigenvalue weighted by Gasteiger charge is 2.19.